The topological polar surface area (TPSA) is 29.1 Å². The van der Waals surface area contributed by atoms with Crippen LogP contribution in [0.1, 0.15) is 15.2 Å². The van der Waals surface area contributed by atoms with Gasteiger partial charge in [0, 0.05) is 4.88 Å². The predicted molar refractivity (Wildman–Crippen MR) is 66.9 cm³/mol. The summed E-state index contributed by atoms with van der Waals surface area (Å²) >= 11 is 7.31. The molecule has 1 aromatic carbocycles. The first kappa shape index (κ1) is 12.1. The number of amides is 1. The first-order valence-electron chi connectivity index (χ1n) is 4.93. The van der Waals surface area contributed by atoms with Crippen molar-refractivity contribution in [1.29, 1.82) is 0 Å². The minimum absolute atomic E-state index is 0.106. The molecule has 0 saturated heterocycles. The molecular formula is C12H9ClFNOS. The number of nitrogens with one attached hydrogen (secondary N) is 1. The summed E-state index contributed by atoms with van der Waals surface area (Å²) in [5.74, 6) is -1.11. The van der Waals surface area contributed by atoms with E-state index < -0.39 is 11.7 Å². The third kappa shape index (κ3) is 2.84. The van der Waals surface area contributed by atoms with Gasteiger partial charge in [-0.15, -0.1) is 11.3 Å². The number of hydrogen-bond donors (Lipinski definition) is 1. The highest BCUT2D eigenvalue weighted by atomic mass is 35.5. The van der Waals surface area contributed by atoms with Crippen LogP contribution in [0.4, 0.5) is 4.39 Å². The summed E-state index contributed by atoms with van der Waals surface area (Å²) in [5.41, 5.74) is -0.106. The number of carbonyl (C=O) groups excluding carboxylic acids is 1. The van der Waals surface area contributed by atoms with E-state index in [2.05, 4.69) is 5.32 Å². The Bertz CT molecular complexity index is 507. The van der Waals surface area contributed by atoms with Gasteiger partial charge in [0.05, 0.1) is 17.1 Å². The average molecular weight is 270 g/mol. The Labute approximate surface area is 107 Å². The van der Waals surface area contributed by atoms with Gasteiger partial charge in [0.25, 0.3) is 5.91 Å². The molecule has 0 fully saturated rings. The molecule has 0 radical (unpaired) electrons. The molecule has 2 nitrogen and oxygen atoms in total. The van der Waals surface area contributed by atoms with Crippen LogP contribution in [-0.2, 0) is 6.54 Å². The van der Waals surface area contributed by atoms with Crippen molar-refractivity contribution in [1.82, 2.24) is 5.32 Å². The van der Waals surface area contributed by atoms with E-state index in [-0.39, 0.29) is 10.6 Å². The molecule has 1 N–H and O–H groups in total. The highest BCUT2D eigenvalue weighted by molar-refractivity contribution is 7.09. The van der Waals surface area contributed by atoms with Crippen LogP contribution in [0.2, 0.25) is 5.02 Å². The normalized spacial score (nSPS) is 10.2. The number of hydrogen-bond acceptors (Lipinski definition) is 2. The number of benzene rings is 1. The highest BCUT2D eigenvalue weighted by Crippen LogP contribution is 2.19. The lowest BCUT2D eigenvalue weighted by Crippen LogP contribution is -2.23. The molecule has 0 aliphatic heterocycles. The molecule has 17 heavy (non-hydrogen) atoms. The molecular weight excluding hydrogens is 261 g/mol. The molecule has 1 amide bonds. The van der Waals surface area contributed by atoms with E-state index in [1.54, 1.807) is 0 Å². The molecule has 0 atom stereocenters. The van der Waals surface area contributed by atoms with Crippen LogP contribution in [0.3, 0.4) is 0 Å². The zero-order valence-electron chi connectivity index (χ0n) is 8.74. The maximum Gasteiger partial charge on any atom is 0.256 e. The van der Waals surface area contributed by atoms with Gasteiger partial charge in [-0.1, -0.05) is 23.7 Å². The van der Waals surface area contributed by atoms with Crippen molar-refractivity contribution in [3.8, 4) is 0 Å². The standard InChI is InChI=1S/C12H9ClFNOS/c13-9-4-1-5-10(14)11(9)12(16)15-7-8-3-2-6-17-8/h1-6H,7H2,(H,15,16). The molecule has 0 spiro atoms. The monoisotopic (exact) mass is 269 g/mol. The number of rotatable bonds is 3. The van der Waals surface area contributed by atoms with E-state index in [0.717, 1.165) is 4.88 Å². The number of halogens is 2. The first-order chi connectivity index (χ1) is 8.18. The molecule has 0 aliphatic rings. The van der Waals surface area contributed by atoms with Crippen molar-refractivity contribution in [2.75, 3.05) is 0 Å². The van der Waals surface area contributed by atoms with Crippen LogP contribution < -0.4 is 5.32 Å². The Hall–Kier alpha value is -1.39. The van der Waals surface area contributed by atoms with E-state index in [1.807, 2.05) is 17.5 Å². The summed E-state index contributed by atoms with van der Waals surface area (Å²) in [7, 11) is 0. The lowest BCUT2D eigenvalue weighted by molar-refractivity contribution is 0.0947. The summed E-state index contributed by atoms with van der Waals surface area (Å²) in [6, 6.07) is 7.96. The van der Waals surface area contributed by atoms with Crippen LogP contribution in [-0.4, -0.2) is 5.91 Å². The SMILES string of the molecule is O=C(NCc1cccs1)c1c(F)cccc1Cl. The van der Waals surface area contributed by atoms with Gasteiger partial charge in [0.15, 0.2) is 0 Å². The molecule has 0 unspecified atom stereocenters. The second kappa shape index (κ2) is 5.29. The maximum absolute atomic E-state index is 13.4. The minimum Gasteiger partial charge on any atom is -0.347 e. The molecule has 88 valence electrons. The van der Waals surface area contributed by atoms with Crippen LogP contribution in [0.5, 0.6) is 0 Å². The third-order valence-corrected chi connectivity index (χ3v) is 3.38. The molecule has 1 aromatic heterocycles. The molecule has 0 saturated carbocycles. The predicted octanol–water partition coefficient (Wildman–Crippen LogP) is 3.47. The Morgan fingerprint density at radius 3 is 2.82 bits per heavy atom. The zero-order valence-corrected chi connectivity index (χ0v) is 10.3. The quantitative estimate of drug-likeness (QED) is 0.908. The van der Waals surface area contributed by atoms with Crippen molar-refractivity contribution in [3.05, 3.63) is 57.0 Å². The van der Waals surface area contributed by atoms with Gasteiger partial charge in [0.2, 0.25) is 0 Å². The second-order valence-electron chi connectivity index (χ2n) is 3.36. The maximum atomic E-state index is 13.4. The van der Waals surface area contributed by atoms with Crippen molar-refractivity contribution in [2.24, 2.45) is 0 Å². The summed E-state index contributed by atoms with van der Waals surface area (Å²) in [5, 5.41) is 4.66. The summed E-state index contributed by atoms with van der Waals surface area (Å²) in [6.07, 6.45) is 0. The summed E-state index contributed by atoms with van der Waals surface area (Å²) < 4.78 is 13.4. The Morgan fingerprint density at radius 2 is 2.18 bits per heavy atom. The second-order valence-corrected chi connectivity index (χ2v) is 4.80. The zero-order chi connectivity index (χ0) is 12.3. The van der Waals surface area contributed by atoms with Crippen LogP contribution >= 0.6 is 22.9 Å². The number of thiophene rings is 1. The molecule has 2 rings (SSSR count). The van der Waals surface area contributed by atoms with Crippen molar-refractivity contribution in [3.63, 3.8) is 0 Å². The van der Waals surface area contributed by atoms with Gasteiger partial charge < -0.3 is 5.32 Å². The molecule has 0 aliphatic carbocycles. The molecule has 1 heterocycles. The Balaban J connectivity index is 2.10. The lowest BCUT2D eigenvalue weighted by Gasteiger charge is -2.06. The van der Waals surface area contributed by atoms with Crippen molar-refractivity contribution in [2.45, 2.75) is 6.54 Å². The highest BCUT2D eigenvalue weighted by Gasteiger charge is 2.15. The van der Waals surface area contributed by atoms with Crippen LogP contribution in [0, 0.1) is 5.82 Å². The van der Waals surface area contributed by atoms with Crippen molar-refractivity contribution >= 4 is 28.8 Å². The minimum atomic E-state index is -0.610. The Morgan fingerprint density at radius 1 is 1.35 bits per heavy atom. The van der Waals surface area contributed by atoms with Gasteiger partial charge >= 0.3 is 0 Å². The van der Waals surface area contributed by atoms with E-state index >= 15 is 0 Å². The van der Waals surface area contributed by atoms with E-state index in [9.17, 15) is 9.18 Å². The average Bonchev–Trinajstić information content (AvgIpc) is 2.79. The summed E-state index contributed by atoms with van der Waals surface area (Å²) in [4.78, 5) is 12.8. The number of carbonyl (C=O) groups is 1. The molecule has 0 bridgehead atoms. The van der Waals surface area contributed by atoms with E-state index in [0.29, 0.717) is 6.54 Å². The van der Waals surface area contributed by atoms with E-state index in [1.165, 1.54) is 29.5 Å². The fourth-order valence-corrected chi connectivity index (χ4v) is 2.28. The van der Waals surface area contributed by atoms with Crippen LogP contribution in [0.25, 0.3) is 0 Å². The fourth-order valence-electron chi connectivity index (χ4n) is 1.38. The van der Waals surface area contributed by atoms with Gasteiger partial charge in [-0.25, -0.2) is 4.39 Å². The summed E-state index contributed by atoms with van der Waals surface area (Å²) in [6.45, 7) is 0.376. The van der Waals surface area contributed by atoms with E-state index in [4.69, 9.17) is 11.6 Å². The Kier molecular flexibility index (Phi) is 3.76. The van der Waals surface area contributed by atoms with Gasteiger partial charge in [-0.05, 0) is 23.6 Å². The first-order valence-corrected chi connectivity index (χ1v) is 6.19. The van der Waals surface area contributed by atoms with Gasteiger partial charge in [0.1, 0.15) is 5.82 Å². The van der Waals surface area contributed by atoms with Gasteiger partial charge in [-0.2, -0.15) is 0 Å². The fraction of sp³-hybridized carbons (Fsp3) is 0.0833. The van der Waals surface area contributed by atoms with Gasteiger partial charge in [-0.3, -0.25) is 4.79 Å². The molecule has 5 heteroatoms. The smallest absolute Gasteiger partial charge is 0.256 e. The lowest BCUT2D eigenvalue weighted by atomic mass is 10.2. The third-order valence-electron chi connectivity index (χ3n) is 2.19. The van der Waals surface area contributed by atoms with Crippen molar-refractivity contribution < 1.29 is 9.18 Å². The largest absolute Gasteiger partial charge is 0.347 e. The van der Waals surface area contributed by atoms with Crippen LogP contribution in [0.15, 0.2) is 35.7 Å². The molecule has 2 aromatic rings.